The van der Waals surface area contributed by atoms with E-state index in [-0.39, 0.29) is 13.2 Å². The summed E-state index contributed by atoms with van der Waals surface area (Å²) in [6.07, 6.45) is 0.281. The van der Waals surface area contributed by atoms with Gasteiger partial charge in [0.15, 0.2) is 11.5 Å². The van der Waals surface area contributed by atoms with E-state index in [4.69, 9.17) is 23.7 Å². The average Bonchev–Trinajstić information content (AvgIpc) is 3.41. The van der Waals surface area contributed by atoms with Crippen molar-refractivity contribution in [2.75, 3.05) is 21.0 Å². The van der Waals surface area contributed by atoms with Crippen LogP contribution in [0, 0.1) is 13.8 Å². The second-order valence-corrected chi connectivity index (χ2v) is 8.62. The molecule has 1 N–H and O–H groups in total. The number of ether oxygens (including phenoxy) is 5. The predicted molar refractivity (Wildman–Crippen MR) is 129 cm³/mol. The van der Waals surface area contributed by atoms with Gasteiger partial charge in [0.25, 0.3) is 5.79 Å². The van der Waals surface area contributed by atoms with Gasteiger partial charge in [-0.1, -0.05) is 18.2 Å². The Kier molecular flexibility index (Phi) is 5.65. The number of carbonyl (C=O) groups is 1. The van der Waals surface area contributed by atoms with E-state index >= 15 is 0 Å². The predicted octanol–water partition coefficient (Wildman–Crippen LogP) is 4.45. The molecule has 0 aliphatic carbocycles. The van der Waals surface area contributed by atoms with Gasteiger partial charge in [0.05, 0.1) is 19.8 Å². The minimum atomic E-state index is -1.95. The fraction of sp³-hybridized carbons (Fsp3) is 0.250. The monoisotopic (exact) mass is 474 g/mol. The van der Waals surface area contributed by atoms with Crippen LogP contribution in [0.25, 0.3) is 5.57 Å². The van der Waals surface area contributed by atoms with Crippen molar-refractivity contribution in [1.29, 1.82) is 0 Å². The molecule has 35 heavy (non-hydrogen) atoms. The highest BCUT2D eigenvalue weighted by Crippen LogP contribution is 2.46. The van der Waals surface area contributed by atoms with Gasteiger partial charge >= 0.3 is 5.97 Å². The highest BCUT2D eigenvalue weighted by Gasteiger charge is 2.48. The molecule has 3 aromatic rings. The second kappa shape index (κ2) is 8.67. The van der Waals surface area contributed by atoms with Crippen molar-refractivity contribution in [2.45, 2.75) is 26.1 Å². The van der Waals surface area contributed by atoms with Crippen molar-refractivity contribution < 1.29 is 33.6 Å². The molecule has 0 spiro atoms. The van der Waals surface area contributed by atoms with Gasteiger partial charge in [0.1, 0.15) is 11.5 Å². The maximum absolute atomic E-state index is 13.3. The Morgan fingerprint density at radius 2 is 1.60 bits per heavy atom. The third-order valence-electron chi connectivity index (χ3n) is 6.40. The van der Waals surface area contributed by atoms with Crippen LogP contribution in [0.5, 0.6) is 23.0 Å². The number of cyclic esters (lactones) is 1. The molecule has 2 aliphatic heterocycles. The molecule has 5 rings (SSSR count). The SMILES string of the molecule is COc1ccc(C2(O)OC(=O)C(c3ccc4c(c3)OCO4)=C2Cc2cc(C)c(OC)c(C)c2)cc1. The van der Waals surface area contributed by atoms with Gasteiger partial charge in [-0.25, -0.2) is 4.79 Å². The molecule has 2 aliphatic rings. The van der Waals surface area contributed by atoms with Crippen molar-refractivity contribution in [2.24, 2.45) is 0 Å². The van der Waals surface area contributed by atoms with E-state index in [1.54, 1.807) is 56.7 Å². The van der Waals surface area contributed by atoms with Crippen LogP contribution >= 0.6 is 0 Å². The third kappa shape index (κ3) is 3.88. The first kappa shape index (κ1) is 22.8. The van der Waals surface area contributed by atoms with Crippen LogP contribution in [0.1, 0.15) is 27.8 Å². The quantitative estimate of drug-likeness (QED) is 0.529. The summed E-state index contributed by atoms with van der Waals surface area (Å²) in [5.41, 5.74) is 4.60. The lowest BCUT2D eigenvalue weighted by atomic mass is 9.87. The number of carbonyl (C=O) groups excluding carboxylic acids is 1. The highest BCUT2D eigenvalue weighted by atomic mass is 16.7. The van der Waals surface area contributed by atoms with Gasteiger partial charge in [-0.2, -0.15) is 0 Å². The summed E-state index contributed by atoms with van der Waals surface area (Å²) in [5.74, 6) is 0.0236. The number of benzene rings is 3. The van der Waals surface area contributed by atoms with E-state index in [2.05, 4.69) is 0 Å². The van der Waals surface area contributed by atoms with Gasteiger partial charge in [-0.15, -0.1) is 0 Å². The summed E-state index contributed by atoms with van der Waals surface area (Å²) < 4.78 is 27.4. The first-order valence-electron chi connectivity index (χ1n) is 11.2. The Morgan fingerprint density at radius 1 is 0.914 bits per heavy atom. The molecule has 0 fully saturated rings. The summed E-state index contributed by atoms with van der Waals surface area (Å²) in [6, 6.07) is 16.1. The summed E-state index contributed by atoms with van der Waals surface area (Å²) in [7, 11) is 3.21. The van der Waals surface area contributed by atoms with Crippen molar-refractivity contribution in [3.8, 4) is 23.0 Å². The zero-order valence-electron chi connectivity index (χ0n) is 20.0. The molecular weight excluding hydrogens is 448 g/mol. The maximum Gasteiger partial charge on any atom is 0.342 e. The van der Waals surface area contributed by atoms with Crippen LogP contribution in [0.15, 0.2) is 60.2 Å². The molecule has 0 aromatic heterocycles. The largest absolute Gasteiger partial charge is 0.497 e. The molecule has 0 radical (unpaired) electrons. The summed E-state index contributed by atoms with van der Waals surface area (Å²) in [4.78, 5) is 13.3. The number of aliphatic hydroxyl groups is 1. The molecule has 2 heterocycles. The Labute approximate surface area is 203 Å². The summed E-state index contributed by atoms with van der Waals surface area (Å²) in [5, 5.41) is 11.9. The second-order valence-electron chi connectivity index (χ2n) is 8.62. The van der Waals surface area contributed by atoms with Gasteiger partial charge < -0.3 is 28.8 Å². The lowest BCUT2D eigenvalue weighted by Crippen LogP contribution is -2.29. The fourth-order valence-electron chi connectivity index (χ4n) is 4.81. The van der Waals surface area contributed by atoms with Crippen molar-refractivity contribution in [3.63, 3.8) is 0 Å². The first-order chi connectivity index (χ1) is 16.8. The van der Waals surface area contributed by atoms with Crippen LogP contribution in [-0.2, 0) is 21.7 Å². The van der Waals surface area contributed by atoms with Crippen molar-refractivity contribution in [3.05, 3.63) is 88.0 Å². The van der Waals surface area contributed by atoms with E-state index in [0.717, 1.165) is 22.4 Å². The van der Waals surface area contributed by atoms with E-state index in [1.165, 1.54) is 0 Å². The average molecular weight is 475 g/mol. The molecular formula is C28H26O7. The minimum absolute atomic E-state index is 0.120. The number of rotatable bonds is 6. The number of hydrogen-bond acceptors (Lipinski definition) is 7. The number of fused-ring (bicyclic) bond motifs is 1. The highest BCUT2D eigenvalue weighted by molar-refractivity contribution is 6.20. The molecule has 180 valence electrons. The van der Waals surface area contributed by atoms with Crippen molar-refractivity contribution >= 4 is 11.5 Å². The molecule has 1 atom stereocenters. The van der Waals surface area contributed by atoms with Gasteiger partial charge in [0, 0.05) is 17.6 Å². The lowest BCUT2D eigenvalue weighted by Gasteiger charge is -2.26. The number of hydrogen-bond donors (Lipinski definition) is 1. The van der Waals surface area contributed by atoms with Crippen molar-refractivity contribution in [1.82, 2.24) is 0 Å². The fourth-order valence-corrected chi connectivity index (χ4v) is 4.81. The molecule has 1 unspecified atom stereocenters. The molecule has 0 amide bonds. The zero-order chi connectivity index (χ0) is 24.7. The molecule has 0 bridgehead atoms. The Bertz CT molecular complexity index is 1320. The normalized spacial score (nSPS) is 18.6. The standard InChI is InChI=1S/C28H26O7/c1-16-11-18(12-17(2)26(16)32-4)13-22-25(19-5-10-23-24(14-19)34-15-33-23)27(29)35-28(22,30)20-6-8-21(31-3)9-7-20/h5-12,14,30H,13,15H2,1-4H3. The number of esters is 1. The smallest absolute Gasteiger partial charge is 0.342 e. The van der Waals surface area contributed by atoms with Crippen LogP contribution < -0.4 is 18.9 Å². The van der Waals surface area contributed by atoms with Crippen LogP contribution in [0.4, 0.5) is 0 Å². The maximum atomic E-state index is 13.3. The minimum Gasteiger partial charge on any atom is -0.497 e. The number of methoxy groups -OCH3 is 2. The Balaban J connectivity index is 1.67. The molecule has 7 nitrogen and oxygen atoms in total. The molecule has 0 saturated heterocycles. The number of aryl methyl sites for hydroxylation is 2. The summed E-state index contributed by atoms with van der Waals surface area (Å²) >= 11 is 0. The molecule has 3 aromatic carbocycles. The lowest BCUT2D eigenvalue weighted by molar-refractivity contribution is -0.185. The summed E-state index contributed by atoms with van der Waals surface area (Å²) in [6.45, 7) is 4.05. The van der Waals surface area contributed by atoms with Gasteiger partial charge in [-0.3, -0.25) is 0 Å². The van der Waals surface area contributed by atoms with Crippen LogP contribution in [-0.4, -0.2) is 32.1 Å². The van der Waals surface area contributed by atoms with Crippen LogP contribution in [0.3, 0.4) is 0 Å². The topological polar surface area (TPSA) is 83.5 Å². The van der Waals surface area contributed by atoms with E-state index in [9.17, 15) is 9.90 Å². The van der Waals surface area contributed by atoms with E-state index in [1.807, 2.05) is 26.0 Å². The molecule has 0 saturated carbocycles. The Morgan fingerprint density at radius 3 is 2.26 bits per heavy atom. The molecule has 7 heteroatoms. The van der Waals surface area contributed by atoms with Gasteiger partial charge in [0.2, 0.25) is 6.79 Å². The van der Waals surface area contributed by atoms with E-state index in [0.29, 0.717) is 39.5 Å². The Hall–Kier alpha value is -3.97. The van der Waals surface area contributed by atoms with E-state index < -0.39 is 11.8 Å². The van der Waals surface area contributed by atoms with Gasteiger partial charge in [-0.05, 0) is 72.5 Å². The van der Waals surface area contributed by atoms with Crippen LogP contribution in [0.2, 0.25) is 0 Å². The first-order valence-corrected chi connectivity index (χ1v) is 11.2. The third-order valence-corrected chi connectivity index (χ3v) is 6.40. The zero-order valence-corrected chi connectivity index (χ0v) is 20.0.